The van der Waals surface area contributed by atoms with E-state index in [1.54, 1.807) is 7.11 Å². The van der Waals surface area contributed by atoms with E-state index in [0.717, 1.165) is 11.1 Å². The first-order chi connectivity index (χ1) is 12.2. The molecule has 1 heterocycles. The van der Waals surface area contributed by atoms with Crippen LogP contribution in [-0.2, 0) is 12.1 Å². The number of nitrogens with zero attached hydrogens (tertiary/aromatic N) is 2. The normalized spacial score (nSPS) is 13.4. The highest BCUT2D eigenvalue weighted by Crippen LogP contribution is 2.27. The van der Waals surface area contributed by atoms with Gasteiger partial charge in [-0.2, -0.15) is 4.98 Å². The van der Waals surface area contributed by atoms with Gasteiger partial charge < -0.3 is 14.4 Å². The third-order valence-corrected chi connectivity index (χ3v) is 4.17. The molecule has 0 saturated heterocycles. The first-order valence-electron chi connectivity index (χ1n) is 8.03. The molecule has 6 nitrogen and oxygen atoms in total. The molecule has 6 heteroatoms. The summed E-state index contributed by atoms with van der Waals surface area (Å²) in [5, 5.41) is 17.1. The summed E-state index contributed by atoms with van der Waals surface area (Å²) < 4.78 is 10.7. The van der Waals surface area contributed by atoms with Gasteiger partial charge in [-0.25, -0.2) is 0 Å². The number of benzene rings is 2. The maximum atomic E-state index is 9.82. The summed E-state index contributed by atoms with van der Waals surface area (Å²) in [5.41, 5.74) is 1.16. The molecule has 3 aromatic rings. The van der Waals surface area contributed by atoms with Crippen LogP contribution in [0, 0.1) is 0 Å². The standard InChI is InChI=1S/C19H21N3O3/c1-19(13-23,14-8-4-3-5-9-14)20-12-17-21-18(22-25-17)15-10-6-7-11-16(15)24-2/h3-11,20,23H,12-13H2,1-2H3/t19-/m0/s1. The molecule has 0 aliphatic heterocycles. The van der Waals surface area contributed by atoms with Crippen LogP contribution in [0.3, 0.4) is 0 Å². The molecule has 2 N–H and O–H groups in total. The summed E-state index contributed by atoms with van der Waals surface area (Å²) in [6, 6.07) is 17.3. The fourth-order valence-corrected chi connectivity index (χ4v) is 2.59. The molecular weight excluding hydrogens is 318 g/mol. The zero-order valence-electron chi connectivity index (χ0n) is 14.3. The first-order valence-corrected chi connectivity index (χ1v) is 8.03. The largest absolute Gasteiger partial charge is 0.496 e. The number of para-hydroxylation sites is 1. The van der Waals surface area contributed by atoms with Gasteiger partial charge in [-0.05, 0) is 24.6 Å². The van der Waals surface area contributed by atoms with Gasteiger partial charge >= 0.3 is 0 Å². The van der Waals surface area contributed by atoms with E-state index in [4.69, 9.17) is 9.26 Å². The van der Waals surface area contributed by atoms with Crippen molar-refractivity contribution < 1.29 is 14.4 Å². The molecule has 0 saturated carbocycles. The number of methoxy groups -OCH3 is 1. The molecular formula is C19H21N3O3. The molecule has 3 rings (SSSR count). The Morgan fingerprint density at radius 3 is 2.56 bits per heavy atom. The number of nitrogens with one attached hydrogen (secondary N) is 1. The van der Waals surface area contributed by atoms with Crippen molar-refractivity contribution in [2.75, 3.05) is 13.7 Å². The Balaban J connectivity index is 1.75. The van der Waals surface area contributed by atoms with Crippen LogP contribution >= 0.6 is 0 Å². The van der Waals surface area contributed by atoms with Crippen LogP contribution in [-0.4, -0.2) is 29.0 Å². The van der Waals surface area contributed by atoms with Crippen molar-refractivity contribution in [1.82, 2.24) is 15.5 Å². The van der Waals surface area contributed by atoms with E-state index < -0.39 is 5.54 Å². The number of hydrogen-bond acceptors (Lipinski definition) is 6. The van der Waals surface area contributed by atoms with E-state index >= 15 is 0 Å². The Morgan fingerprint density at radius 2 is 1.84 bits per heavy atom. The molecule has 0 bridgehead atoms. The molecule has 2 aromatic carbocycles. The summed E-state index contributed by atoms with van der Waals surface area (Å²) in [6.45, 7) is 2.22. The van der Waals surface area contributed by atoms with Gasteiger partial charge in [-0.15, -0.1) is 0 Å². The second-order valence-corrected chi connectivity index (χ2v) is 5.92. The molecule has 0 radical (unpaired) electrons. The summed E-state index contributed by atoms with van der Waals surface area (Å²) >= 11 is 0. The lowest BCUT2D eigenvalue weighted by Gasteiger charge is -2.28. The molecule has 25 heavy (non-hydrogen) atoms. The van der Waals surface area contributed by atoms with Gasteiger partial charge in [-0.1, -0.05) is 47.6 Å². The predicted octanol–water partition coefficient (Wildman–Crippen LogP) is 2.74. The quantitative estimate of drug-likeness (QED) is 0.689. The highest BCUT2D eigenvalue weighted by atomic mass is 16.5. The minimum absolute atomic E-state index is 0.0511. The van der Waals surface area contributed by atoms with Crippen LogP contribution in [0.1, 0.15) is 18.4 Å². The van der Waals surface area contributed by atoms with Crippen molar-refractivity contribution >= 4 is 0 Å². The van der Waals surface area contributed by atoms with Crippen LogP contribution in [0.5, 0.6) is 5.75 Å². The van der Waals surface area contributed by atoms with Gasteiger partial charge in [0.05, 0.1) is 31.4 Å². The Labute approximate surface area is 146 Å². The average Bonchev–Trinajstić information content (AvgIpc) is 3.15. The number of aliphatic hydroxyl groups excluding tert-OH is 1. The Hall–Kier alpha value is -2.70. The highest BCUT2D eigenvalue weighted by molar-refractivity contribution is 5.63. The molecule has 1 atom stereocenters. The number of aliphatic hydroxyl groups is 1. The molecule has 0 amide bonds. The van der Waals surface area contributed by atoms with Crippen LogP contribution in [0.25, 0.3) is 11.4 Å². The molecule has 0 unspecified atom stereocenters. The van der Waals surface area contributed by atoms with Gasteiger partial charge in [0.1, 0.15) is 5.75 Å². The second-order valence-electron chi connectivity index (χ2n) is 5.92. The van der Waals surface area contributed by atoms with Gasteiger partial charge in [0, 0.05) is 0 Å². The fraction of sp³-hybridized carbons (Fsp3) is 0.263. The van der Waals surface area contributed by atoms with E-state index in [1.807, 2.05) is 61.5 Å². The van der Waals surface area contributed by atoms with Crippen LogP contribution in [0.15, 0.2) is 59.1 Å². The van der Waals surface area contributed by atoms with Gasteiger partial charge in [0.2, 0.25) is 11.7 Å². The van der Waals surface area contributed by atoms with Crippen molar-refractivity contribution in [3.8, 4) is 17.1 Å². The Kier molecular flexibility index (Phi) is 5.11. The highest BCUT2D eigenvalue weighted by Gasteiger charge is 2.26. The van der Waals surface area contributed by atoms with E-state index in [9.17, 15) is 5.11 Å². The van der Waals surface area contributed by atoms with Gasteiger partial charge in [-0.3, -0.25) is 5.32 Å². The first kappa shape index (κ1) is 17.1. The maximum absolute atomic E-state index is 9.82. The number of ether oxygens (including phenoxy) is 1. The number of rotatable bonds is 7. The number of hydrogen-bond donors (Lipinski definition) is 2. The maximum Gasteiger partial charge on any atom is 0.240 e. The Bertz CT molecular complexity index is 820. The minimum Gasteiger partial charge on any atom is -0.496 e. The summed E-state index contributed by atoms with van der Waals surface area (Å²) in [5.74, 6) is 1.60. The third-order valence-electron chi connectivity index (χ3n) is 4.17. The second kappa shape index (κ2) is 7.46. The van der Waals surface area contributed by atoms with E-state index in [1.165, 1.54) is 0 Å². The van der Waals surface area contributed by atoms with Crippen LogP contribution < -0.4 is 10.1 Å². The van der Waals surface area contributed by atoms with Crippen molar-refractivity contribution in [3.05, 3.63) is 66.1 Å². The van der Waals surface area contributed by atoms with E-state index in [2.05, 4.69) is 15.5 Å². The zero-order chi connectivity index (χ0) is 17.7. The van der Waals surface area contributed by atoms with E-state index in [0.29, 0.717) is 24.0 Å². The average molecular weight is 339 g/mol. The SMILES string of the molecule is COc1ccccc1-c1noc(CN[C@@](C)(CO)c2ccccc2)n1. The lowest BCUT2D eigenvalue weighted by atomic mass is 9.93. The van der Waals surface area contributed by atoms with Crippen LogP contribution in [0.2, 0.25) is 0 Å². The van der Waals surface area contributed by atoms with Gasteiger partial charge in [0.15, 0.2) is 0 Å². The van der Waals surface area contributed by atoms with Crippen molar-refractivity contribution in [1.29, 1.82) is 0 Å². The van der Waals surface area contributed by atoms with Crippen molar-refractivity contribution in [2.45, 2.75) is 19.0 Å². The molecule has 0 aliphatic carbocycles. The van der Waals surface area contributed by atoms with Crippen molar-refractivity contribution in [3.63, 3.8) is 0 Å². The molecule has 0 spiro atoms. The lowest BCUT2D eigenvalue weighted by Crippen LogP contribution is -2.42. The van der Waals surface area contributed by atoms with E-state index in [-0.39, 0.29) is 6.61 Å². The Morgan fingerprint density at radius 1 is 1.12 bits per heavy atom. The lowest BCUT2D eigenvalue weighted by molar-refractivity contribution is 0.168. The minimum atomic E-state index is -0.597. The zero-order valence-corrected chi connectivity index (χ0v) is 14.3. The molecule has 0 aliphatic rings. The van der Waals surface area contributed by atoms with Crippen molar-refractivity contribution in [2.24, 2.45) is 0 Å². The topological polar surface area (TPSA) is 80.4 Å². The third kappa shape index (κ3) is 3.70. The summed E-state index contributed by atoms with van der Waals surface area (Å²) in [4.78, 5) is 4.42. The molecule has 1 aromatic heterocycles. The summed E-state index contributed by atoms with van der Waals surface area (Å²) in [7, 11) is 1.61. The molecule has 130 valence electrons. The summed E-state index contributed by atoms with van der Waals surface area (Å²) in [6.07, 6.45) is 0. The number of aromatic nitrogens is 2. The fourth-order valence-electron chi connectivity index (χ4n) is 2.59. The predicted molar refractivity (Wildman–Crippen MR) is 94.0 cm³/mol. The van der Waals surface area contributed by atoms with Crippen LogP contribution in [0.4, 0.5) is 0 Å². The van der Waals surface area contributed by atoms with Gasteiger partial charge in [0.25, 0.3) is 0 Å². The molecule has 0 fully saturated rings. The monoisotopic (exact) mass is 339 g/mol. The smallest absolute Gasteiger partial charge is 0.240 e.